The molecule has 0 radical (unpaired) electrons. The molecule has 1 aliphatic rings. The van der Waals surface area contributed by atoms with Crippen LogP contribution in [0.25, 0.3) is 0 Å². The third-order valence-electron chi connectivity index (χ3n) is 3.74. The first-order valence-electron chi connectivity index (χ1n) is 7.33. The first-order chi connectivity index (χ1) is 8.22. The molecule has 0 unspecified atom stereocenters. The fourth-order valence-corrected chi connectivity index (χ4v) is 2.60. The van der Waals surface area contributed by atoms with Crippen molar-refractivity contribution in [2.24, 2.45) is 0 Å². The van der Waals surface area contributed by atoms with Gasteiger partial charge in [-0.3, -0.25) is 0 Å². The van der Waals surface area contributed by atoms with Gasteiger partial charge in [-0.1, -0.05) is 19.8 Å². The Labute approximate surface area is 108 Å². The van der Waals surface area contributed by atoms with Gasteiger partial charge in [-0.25, -0.2) is 0 Å². The lowest BCUT2D eigenvalue weighted by Gasteiger charge is -2.22. The van der Waals surface area contributed by atoms with Crippen molar-refractivity contribution in [3.63, 3.8) is 0 Å². The number of hydrogen-bond donors (Lipinski definition) is 1. The van der Waals surface area contributed by atoms with Gasteiger partial charge in [-0.2, -0.15) is 0 Å². The molecule has 3 heteroatoms. The third-order valence-corrected chi connectivity index (χ3v) is 3.74. The molecule has 17 heavy (non-hydrogen) atoms. The first kappa shape index (κ1) is 14.9. The topological polar surface area (TPSA) is 18.5 Å². The highest BCUT2D eigenvalue weighted by Gasteiger charge is 2.13. The summed E-state index contributed by atoms with van der Waals surface area (Å²) >= 11 is 0. The summed E-state index contributed by atoms with van der Waals surface area (Å²) in [5.74, 6) is 0. The molecule has 0 atom stereocenters. The van der Waals surface area contributed by atoms with Crippen molar-refractivity contribution >= 4 is 0 Å². The van der Waals surface area contributed by atoms with Crippen LogP contribution in [0.2, 0.25) is 0 Å². The Hall–Kier alpha value is -0.120. The molecular weight excluding hydrogens is 210 g/mol. The van der Waals surface area contributed by atoms with Crippen molar-refractivity contribution in [2.75, 3.05) is 46.8 Å². The summed E-state index contributed by atoms with van der Waals surface area (Å²) in [6.45, 7) is 8.26. The monoisotopic (exact) mass is 241 g/mol. The maximum Gasteiger partial charge on any atom is 0.0107 e. The summed E-state index contributed by atoms with van der Waals surface area (Å²) in [5, 5.41) is 3.69. The van der Waals surface area contributed by atoms with Crippen LogP contribution in [0.1, 0.15) is 39.0 Å². The highest BCUT2D eigenvalue weighted by Crippen LogP contribution is 2.17. The second-order valence-corrected chi connectivity index (χ2v) is 5.53. The van der Waals surface area contributed by atoms with E-state index >= 15 is 0 Å². The Bertz CT molecular complexity index is 176. The molecule has 102 valence electrons. The lowest BCUT2D eigenvalue weighted by atomic mass is 10.2. The second kappa shape index (κ2) is 8.90. The van der Waals surface area contributed by atoms with E-state index in [1.54, 1.807) is 0 Å². The van der Waals surface area contributed by atoms with Crippen LogP contribution >= 0.6 is 0 Å². The van der Waals surface area contributed by atoms with E-state index in [0.29, 0.717) is 0 Å². The zero-order valence-corrected chi connectivity index (χ0v) is 12.0. The Morgan fingerprint density at radius 2 is 1.76 bits per heavy atom. The molecule has 1 fully saturated rings. The Balaban J connectivity index is 2.01. The second-order valence-electron chi connectivity index (χ2n) is 5.53. The SMILES string of the molecule is CCN(CCCN(C)C)CCNC1CCCC1. The lowest BCUT2D eigenvalue weighted by Crippen LogP contribution is -2.37. The van der Waals surface area contributed by atoms with Gasteiger partial charge in [0.05, 0.1) is 0 Å². The van der Waals surface area contributed by atoms with Crippen LogP contribution in [0.3, 0.4) is 0 Å². The highest BCUT2D eigenvalue weighted by molar-refractivity contribution is 4.74. The number of rotatable bonds is 9. The van der Waals surface area contributed by atoms with E-state index in [1.807, 2.05) is 0 Å². The zero-order valence-electron chi connectivity index (χ0n) is 12.0. The number of hydrogen-bond acceptors (Lipinski definition) is 3. The molecule has 0 heterocycles. The molecular formula is C14H31N3. The van der Waals surface area contributed by atoms with Crippen LogP contribution in [-0.4, -0.2) is 62.7 Å². The molecule has 0 aromatic heterocycles. The minimum Gasteiger partial charge on any atom is -0.313 e. The number of likely N-dealkylation sites (N-methyl/N-ethyl adjacent to an activating group) is 1. The van der Waals surface area contributed by atoms with Crippen molar-refractivity contribution in [3.05, 3.63) is 0 Å². The van der Waals surface area contributed by atoms with E-state index in [9.17, 15) is 0 Å². The van der Waals surface area contributed by atoms with Crippen molar-refractivity contribution < 1.29 is 0 Å². The van der Waals surface area contributed by atoms with Gasteiger partial charge in [0.15, 0.2) is 0 Å². The fraction of sp³-hybridized carbons (Fsp3) is 1.00. The molecule has 1 saturated carbocycles. The van der Waals surface area contributed by atoms with Crippen LogP contribution in [0.15, 0.2) is 0 Å². The van der Waals surface area contributed by atoms with Gasteiger partial charge in [0.25, 0.3) is 0 Å². The standard InChI is InChI=1S/C14H31N3/c1-4-17(12-7-11-16(2)3)13-10-15-14-8-5-6-9-14/h14-15H,4-13H2,1-3H3. The largest absolute Gasteiger partial charge is 0.313 e. The Kier molecular flexibility index (Phi) is 7.82. The molecule has 1 rings (SSSR count). The molecule has 3 nitrogen and oxygen atoms in total. The van der Waals surface area contributed by atoms with Crippen molar-refractivity contribution in [2.45, 2.75) is 45.1 Å². The minimum absolute atomic E-state index is 0.815. The van der Waals surface area contributed by atoms with Crippen LogP contribution < -0.4 is 5.32 Å². The predicted octanol–water partition coefficient (Wildman–Crippen LogP) is 1.79. The van der Waals surface area contributed by atoms with E-state index in [2.05, 4.69) is 36.1 Å². The van der Waals surface area contributed by atoms with E-state index in [4.69, 9.17) is 0 Å². The summed E-state index contributed by atoms with van der Waals surface area (Å²) in [7, 11) is 4.30. The molecule has 1 N–H and O–H groups in total. The Morgan fingerprint density at radius 1 is 1.06 bits per heavy atom. The summed E-state index contributed by atoms with van der Waals surface area (Å²) in [6, 6.07) is 0.815. The Morgan fingerprint density at radius 3 is 2.35 bits per heavy atom. The summed E-state index contributed by atoms with van der Waals surface area (Å²) < 4.78 is 0. The smallest absolute Gasteiger partial charge is 0.0107 e. The average Bonchev–Trinajstić information content (AvgIpc) is 2.79. The van der Waals surface area contributed by atoms with Gasteiger partial charge in [0, 0.05) is 19.1 Å². The fourth-order valence-electron chi connectivity index (χ4n) is 2.60. The molecule has 0 saturated heterocycles. The molecule has 0 aliphatic heterocycles. The molecule has 0 aromatic carbocycles. The summed E-state index contributed by atoms with van der Waals surface area (Å²) in [6.07, 6.45) is 6.93. The molecule has 0 bridgehead atoms. The number of nitrogens with zero attached hydrogens (tertiary/aromatic N) is 2. The summed E-state index contributed by atoms with van der Waals surface area (Å²) in [5.41, 5.74) is 0. The summed E-state index contributed by atoms with van der Waals surface area (Å²) in [4.78, 5) is 4.83. The zero-order chi connectivity index (χ0) is 12.5. The minimum atomic E-state index is 0.815. The van der Waals surface area contributed by atoms with Crippen LogP contribution in [0, 0.1) is 0 Å². The maximum absolute atomic E-state index is 3.69. The van der Waals surface area contributed by atoms with Crippen LogP contribution in [0.5, 0.6) is 0 Å². The van der Waals surface area contributed by atoms with E-state index in [-0.39, 0.29) is 0 Å². The number of nitrogens with one attached hydrogen (secondary N) is 1. The first-order valence-corrected chi connectivity index (χ1v) is 7.33. The molecule has 0 amide bonds. The molecule has 1 aliphatic carbocycles. The normalized spacial score (nSPS) is 17.5. The average molecular weight is 241 g/mol. The molecule has 0 aromatic rings. The highest BCUT2D eigenvalue weighted by atomic mass is 15.1. The van der Waals surface area contributed by atoms with E-state index < -0.39 is 0 Å². The van der Waals surface area contributed by atoms with Crippen molar-refractivity contribution in [1.29, 1.82) is 0 Å². The van der Waals surface area contributed by atoms with Gasteiger partial charge in [0.2, 0.25) is 0 Å². The predicted molar refractivity (Wildman–Crippen MR) is 75.5 cm³/mol. The quantitative estimate of drug-likeness (QED) is 0.664. The van der Waals surface area contributed by atoms with Gasteiger partial charge in [-0.05, 0) is 53.0 Å². The van der Waals surface area contributed by atoms with Gasteiger partial charge in [-0.15, -0.1) is 0 Å². The van der Waals surface area contributed by atoms with Crippen LogP contribution in [-0.2, 0) is 0 Å². The van der Waals surface area contributed by atoms with Crippen molar-refractivity contribution in [1.82, 2.24) is 15.1 Å². The van der Waals surface area contributed by atoms with Gasteiger partial charge in [0.1, 0.15) is 0 Å². The lowest BCUT2D eigenvalue weighted by molar-refractivity contribution is 0.262. The third kappa shape index (κ3) is 7.02. The molecule has 0 spiro atoms. The van der Waals surface area contributed by atoms with Gasteiger partial charge < -0.3 is 15.1 Å². The van der Waals surface area contributed by atoms with E-state index in [1.165, 1.54) is 64.8 Å². The maximum atomic E-state index is 3.69. The van der Waals surface area contributed by atoms with Crippen LogP contribution in [0.4, 0.5) is 0 Å². The van der Waals surface area contributed by atoms with E-state index in [0.717, 1.165) is 6.04 Å². The van der Waals surface area contributed by atoms with Crippen molar-refractivity contribution in [3.8, 4) is 0 Å². The van der Waals surface area contributed by atoms with Gasteiger partial charge >= 0.3 is 0 Å².